The summed E-state index contributed by atoms with van der Waals surface area (Å²) in [7, 11) is -5.81. The molecule has 0 amide bonds. The summed E-state index contributed by atoms with van der Waals surface area (Å²) in [5.74, 6) is 0.00905. The second-order valence-corrected chi connectivity index (χ2v) is 7.42. The zero-order chi connectivity index (χ0) is 15.3. The molecule has 0 aromatic rings. The van der Waals surface area contributed by atoms with Gasteiger partial charge in [-0.05, 0) is 36.5 Å². The number of alkyl halides is 2. The van der Waals surface area contributed by atoms with Crippen molar-refractivity contribution in [2.24, 2.45) is 29.6 Å². The summed E-state index contributed by atoms with van der Waals surface area (Å²) in [5.41, 5.74) is 0. The maximum Gasteiger partial charge on any atom is 0.367 e. The Morgan fingerprint density at radius 3 is 2.35 bits per heavy atom. The molecule has 0 aromatic heterocycles. The fraction of sp³-hybridized carbons (Fsp3) is 0.917. The summed E-state index contributed by atoms with van der Waals surface area (Å²) in [5, 5.41) is -4.57. The van der Waals surface area contributed by atoms with Gasteiger partial charge in [-0.25, -0.2) is 8.42 Å². The fourth-order valence-corrected chi connectivity index (χ4v) is 3.75. The Morgan fingerprint density at radius 2 is 1.90 bits per heavy atom. The highest BCUT2D eigenvalue weighted by Crippen LogP contribution is 2.55. The van der Waals surface area contributed by atoms with E-state index in [1.807, 2.05) is 6.92 Å². The van der Waals surface area contributed by atoms with E-state index in [4.69, 9.17) is 0 Å². The van der Waals surface area contributed by atoms with Crippen molar-refractivity contribution in [1.82, 2.24) is 0 Å². The van der Waals surface area contributed by atoms with Gasteiger partial charge < -0.3 is 9.29 Å². The molecule has 5 unspecified atom stereocenters. The van der Waals surface area contributed by atoms with Crippen molar-refractivity contribution in [3.05, 3.63) is 0 Å². The lowest BCUT2D eigenvalue weighted by Gasteiger charge is -2.30. The van der Waals surface area contributed by atoms with Gasteiger partial charge in [0.1, 0.15) is 0 Å². The largest absolute Gasteiger partial charge is 0.743 e. The molecular weight excluding hydrogens is 294 g/mol. The zero-order valence-corrected chi connectivity index (χ0v) is 12.0. The van der Waals surface area contributed by atoms with Crippen molar-refractivity contribution in [2.75, 3.05) is 6.61 Å². The fourth-order valence-electron chi connectivity index (χ4n) is 3.55. The highest BCUT2D eigenvalue weighted by molar-refractivity contribution is 7.86. The molecule has 0 saturated heterocycles. The van der Waals surface area contributed by atoms with Gasteiger partial charge in [0.15, 0.2) is 16.7 Å². The number of rotatable bonds is 4. The van der Waals surface area contributed by atoms with Gasteiger partial charge in [-0.15, -0.1) is 0 Å². The summed E-state index contributed by atoms with van der Waals surface area (Å²) < 4.78 is 61.2. The smallest absolute Gasteiger partial charge is 0.367 e. The molecule has 8 heteroatoms. The first-order chi connectivity index (χ1) is 9.04. The van der Waals surface area contributed by atoms with Gasteiger partial charge in [0.05, 0.1) is 5.92 Å². The van der Waals surface area contributed by atoms with Crippen LogP contribution in [0.2, 0.25) is 0 Å². The van der Waals surface area contributed by atoms with Gasteiger partial charge in [0.25, 0.3) is 0 Å². The molecule has 0 N–H and O–H groups in total. The molecule has 2 rings (SSSR count). The third-order valence-electron chi connectivity index (χ3n) is 4.95. The van der Waals surface area contributed by atoms with Crippen LogP contribution in [0.25, 0.3) is 0 Å². The number of carbonyl (C=O) groups is 1. The summed E-state index contributed by atoms with van der Waals surface area (Å²) >= 11 is 0. The monoisotopic (exact) mass is 311 g/mol. The number of hydrogen-bond donors (Lipinski definition) is 0. The Kier molecular flexibility index (Phi) is 3.83. The maximum atomic E-state index is 12.9. The first-order valence-corrected chi connectivity index (χ1v) is 7.95. The normalized spacial score (nSPS) is 37.1. The van der Waals surface area contributed by atoms with Crippen molar-refractivity contribution in [3.63, 3.8) is 0 Å². The first kappa shape index (κ1) is 15.6. The molecule has 2 aliphatic carbocycles. The SMILES string of the molecule is CC1C2CC(C(=O)OCC(F)(F)S(=O)(=O)[O-])C(C2)C1C. The van der Waals surface area contributed by atoms with E-state index >= 15 is 0 Å². The first-order valence-electron chi connectivity index (χ1n) is 6.54. The van der Waals surface area contributed by atoms with Crippen LogP contribution in [0.3, 0.4) is 0 Å². The van der Waals surface area contributed by atoms with Crippen molar-refractivity contribution in [2.45, 2.75) is 31.9 Å². The third-order valence-corrected chi connectivity index (χ3v) is 5.80. The van der Waals surface area contributed by atoms with E-state index < -0.39 is 33.9 Å². The van der Waals surface area contributed by atoms with Crippen molar-refractivity contribution < 1.29 is 31.3 Å². The minimum absolute atomic E-state index is 0.0972. The van der Waals surface area contributed by atoms with E-state index in [-0.39, 0.29) is 5.92 Å². The Bertz CT molecular complexity index is 502. The van der Waals surface area contributed by atoms with Crippen LogP contribution in [0.4, 0.5) is 8.78 Å². The maximum absolute atomic E-state index is 12.9. The lowest BCUT2D eigenvalue weighted by atomic mass is 9.76. The number of hydrogen-bond acceptors (Lipinski definition) is 5. The van der Waals surface area contributed by atoms with Crippen LogP contribution in [0, 0.1) is 29.6 Å². The van der Waals surface area contributed by atoms with Crippen LogP contribution >= 0.6 is 0 Å². The number of ether oxygens (including phenoxy) is 1. The summed E-state index contributed by atoms with van der Waals surface area (Å²) in [4.78, 5) is 11.8. The Balaban J connectivity index is 1.95. The summed E-state index contributed by atoms with van der Waals surface area (Å²) in [6.07, 6.45) is 1.46. The lowest BCUT2D eigenvalue weighted by molar-refractivity contribution is -0.157. The molecule has 20 heavy (non-hydrogen) atoms. The molecule has 5 nitrogen and oxygen atoms in total. The second-order valence-electron chi connectivity index (χ2n) is 5.92. The Morgan fingerprint density at radius 1 is 1.30 bits per heavy atom. The molecule has 116 valence electrons. The lowest BCUT2D eigenvalue weighted by Crippen LogP contribution is -2.37. The van der Waals surface area contributed by atoms with E-state index in [9.17, 15) is 26.5 Å². The van der Waals surface area contributed by atoms with E-state index in [0.29, 0.717) is 24.2 Å². The van der Waals surface area contributed by atoms with Gasteiger partial charge in [-0.2, -0.15) is 8.78 Å². The van der Waals surface area contributed by atoms with E-state index in [2.05, 4.69) is 11.7 Å². The number of esters is 1. The molecule has 0 aromatic carbocycles. The van der Waals surface area contributed by atoms with Gasteiger partial charge in [0.2, 0.25) is 0 Å². The quantitative estimate of drug-likeness (QED) is 0.581. The van der Waals surface area contributed by atoms with E-state index in [1.165, 1.54) is 0 Å². The van der Waals surface area contributed by atoms with Crippen molar-refractivity contribution in [1.29, 1.82) is 0 Å². The second kappa shape index (κ2) is 4.91. The molecule has 5 atom stereocenters. The minimum atomic E-state index is -5.81. The van der Waals surface area contributed by atoms with E-state index in [1.54, 1.807) is 0 Å². The predicted octanol–water partition coefficient (Wildman–Crippen LogP) is 1.60. The molecule has 0 radical (unpaired) electrons. The van der Waals surface area contributed by atoms with Crippen molar-refractivity contribution in [3.8, 4) is 0 Å². The predicted molar refractivity (Wildman–Crippen MR) is 63.6 cm³/mol. The van der Waals surface area contributed by atoms with Gasteiger partial charge in [0, 0.05) is 0 Å². The Labute approximate surface area is 116 Å². The van der Waals surface area contributed by atoms with Crippen molar-refractivity contribution >= 4 is 16.1 Å². The van der Waals surface area contributed by atoms with Crippen LogP contribution < -0.4 is 0 Å². The molecule has 2 bridgehead atoms. The minimum Gasteiger partial charge on any atom is -0.743 e. The molecule has 2 saturated carbocycles. The zero-order valence-electron chi connectivity index (χ0n) is 11.2. The van der Waals surface area contributed by atoms with Gasteiger partial charge in [-0.3, -0.25) is 4.79 Å². The van der Waals surface area contributed by atoms with Crippen LogP contribution in [-0.4, -0.2) is 30.8 Å². The molecule has 0 aliphatic heterocycles. The summed E-state index contributed by atoms with van der Waals surface area (Å²) in [6.45, 7) is 2.43. The van der Waals surface area contributed by atoms with Crippen LogP contribution in [0.1, 0.15) is 26.7 Å². The number of halogens is 2. The third kappa shape index (κ3) is 2.55. The Hall–Kier alpha value is -0.760. The average molecular weight is 311 g/mol. The topological polar surface area (TPSA) is 83.5 Å². The average Bonchev–Trinajstić information content (AvgIpc) is 2.86. The highest BCUT2D eigenvalue weighted by Gasteiger charge is 2.52. The van der Waals surface area contributed by atoms with Crippen LogP contribution in [0.15, 0.2) is 0 Å². The molecule has 0 heterocycles. The van der Waals surface area contributed by atoms with Crippen LogP contribution in [-0.2, 0) is 19.6 Å². The number of fused-ring (bicyclic) bond motifs is 2. The standard InChI is InChI=1S/C12H18F2O5S/c1-6-7(2)9-3-8(6)4-10(9)11(15)19-5-12(13,14)20(16,17)18/h6-10H,3-5H2,1-2H3,(H,16,17,18)/p-1. The molecule has 0 spiro atoms. The van der Waals surface area contributed by atoms with Crippen LogP contribution in [0.5, 0.6) is 0 Å². The molecule has 2 aliphatic rings. The van der Waals surface area contributed by atoms with Gasteiger partial charge >= 0.3 is 11.2 Å². The molecule has 2 fully saturated rings. The van der Waals surface area contributed by atoms with Gasteiger partial charge in [-0.1, -0.05) is 13.8 Å². The highest BCUT2D eigenvalue weighted by atomic mass is 32.2. The van der Waals surface area contributed by atoms with E-state index in [0.717, 1.165) is 6.42 Å². The molecular formula is C12H17F2O5S-. The number of carbonyl (C=O) groups excluding carboxylic acids is 1. The summed E-state index contributed by atoms with van der Waals surface area (Å²) in [6, 6.07) is 0.